The van der Waals surface area contributed by atoms with E-state index >= 15 is 0 Å². The highest BCUT2D eigenvalue weighted by molar-refractivity contribution is 5.78. The van der Waals surface area contributed by atoms with E-state index in [9.17, 15) is 18.0 Å². The first-order valence-electron chi connectivity index (χ1n) is 9.98. The molecule has 2 N–H and O–H groups in total. The third-order valence-electron chi connectivity index (χ3n) is 4.57. The molecule has 32 heavy (non-hydrogen) atoms. The Labute approximate surface area is 181 Å². The summed E-state index contributed by atoms with van der Waals surface area (Å²) in [5, 5.41) is 10.2. The summed E-state index contributed by atoms with van der Waals surface area (Å²) in [6.07, 6.45) is -2.87. The molecule has 3 aromatic rings. The quantitative estimate of drug-likeness (QED) is 0.574. The lowest BCUT2D eigenvalue weighted by Crippen LogP contribution is -2.28. The SMILES string of the molecule is Cc1cc(-n2nc(Nc3cccc(OC(F)(F)F)c3)nc2CC(=O)NC2CC2)cc(C)n1. The number of anilines is 2. The summed E-state index contributed by atoms with van der Waals surface area (Å²) in [5.74, 6) is -0.0176. The van der Waals surface area contributed by atoms with Crippen molar-refractivity contribution in [2.45, 2.75) is 45.5 Å². The highest BCUT2D eigenvalue weighted by Gasteiger charge is 2.31. The van der Waals surface area contributed by atoms with Gasteiger partial charge in [-0.05, 0) is 51.0 Å². The number of carbonyl (C=O) groups is 1. The lowest BCUT2D eigenvalue weighted by Gasteiger charge is -2.10. The topological polar surface area (TPSA) is 94.0 Å². The number of ether oxygens (including phenoxy) is 1. The molecule has 0 radical (unpaired) electrons. The number of aromatic nitrogens is 4. The largest absolute Gasteiger partial charge is 0.573 e. The van der Waals surface area contributed by atoms with Crippen LogP contribution in [0.1, 0.15) is 30.1 Å². The second-order valence-corrected chi connectivity index (χ2v) is 7.59. The Morgan fingerprint density at radius 2 is 1.88 bits per heavy atom. The average Bonchev–Trinajstić information content (AvgIpc) is 3.39. The van der Waals surface area contributed by atoms with Crippen LogP contribution in [0.25, 0.3) is 5.69 Å². The van der Waals surface area contributed by atoms with Crippen molar-refractivity contribution in [2.75, 3.05) is 5.32 Å². The van der Waals surface area contributed by atoms with Crippen molar-refractivity contribution < 1.29 is 22.7 Å². The second kappa shape index (κ2) is 8.48. The number of hydrogen-bond donors (Lipinski definition) is 2. The molecule has 1 saturated carbocycles. The fourth-order valence-electron chi connectivity index (χ4n) is 3.20. The van der Waals surface area contributed by atoms with Crippen molar-refractivity contribution >= 4 is 17.5 Å². The summed E-state index contributed by atoms with van der Waals surface area (Å²) >= 11 is 0. The molecule has 2 heterocycles. The van der Waals surface area contributed by atoms with E-state index in [4.69, 9.17) is 0 Å². The fraction of sp³-hybridized carbons (Fsp3) is 0.333. The number of benzene rings is 1. The molecule has 1 aromatic carbocycles. The van der Waals surface area contributed by atoms with Crippen LogP contribution in [0.4, 0.5) is 24.8 Å². The van der Waals surface area contributed by atoms with E-state index < -0.39 is 6.36 Å². The Hall–Kier alpha value is -3.63. The number of nitrogens with one attached hydrogen (secondary N) is 2. The number of rotatable bonds is 7. The molecular formula is C21H21F3N6O2. The number of aryl methyl sites for hydroxylation is 2. The molecule has 1 amide bonds. The average molecular weight is 446 g/mol. The van der Waals surface area contributed by atoms with Crippen LogP contribution in [0.15, 0.2) is 36.4 Å². The van der Waals surface area contributed by atoms with Gasteiger partial charge in [-0.25, -0.2) is 4.68 Å². The normalized spacial score (nSPS) is 13.7. The Balaban J connectivity index is 1.62. The first-order valence-corrected chi connectivity index (χ1v) is 9.98. The number of hydrogen-bond acceptors (Lipinski definition) is 6. The van der Waals surface area contributed by atoms with Crippen LogP contribution < -0.4 is 15.4 Å². The standard InChI is InChI=1S/C21H21F3N6O2/c1-12-8-16(9-13(2)25-12)30-18(11-19(31)26-14-6-7-14)28-20(29-30)27-15-4-3-5-17(10-15)32-21(22,23)24/h3-5,8-10,14H,6-7,11H2,1-2H3,(H,26,31)(H,27,29). The molecular weight excluding hydrogens is 425 g/mol. The predicted octanol–water partition coefficient (Wildman–Crippen LogP) is 3.74. The predicted molar refractivity (Wildman–Crippen MR) is 110 cm³/mol. The second-order valence-electron chi connectivity index (χ2n) is 7.59. The van der Waals surface area contributed by atoms with Gasteiger partial charge in [0.05, 0.1) is 12.1 Å². The minimum absolute atomic E-state index is 0.00280. The zero-order valence-electron chi connectivity index (χ0n) is 17.4. The van der Waals surface area contributed by atoms with E-state index in [1.165, 1.54) is 22.9 Å². The molecule has 0 saturated heterocycles. The van der Waals surface area contributed by atoms with E-state index in [1.54, 1.807) is 6.07 Å². The van der Waals surface area contributed by atoms with Crippen molar-refractivity contribution in [1.82, 2.24) is 25.1 Å². The summed E-state index contributed by atoms with van der Waals surface area (Å²) < 4.78 is 43.0. The molecule has 11 heteroatoms. The third kappa shape index (κ3) is 5.74. The number of alkyl halides is 3. The van der Waals surface area contributed by atoms with Gasteiger partial charge in [0.1, 0.15) is 11.6 Å². The fourth-order valence-corrected chi connectivity index (χ4v) is 3.20. The molecule has 0 atom stereocenters. The maximum absolute atomic E-state index is 12.5. The smallest absolute Gasteiger partial charge is 0.406 e. The lowest BCUT2D eigenvalue weighted by molar-refractivity contribution is -0.274. The summed E-state index contributed by atoms with van der Waals surface area (Å²) in [6, 6.07) is 9.19. The van der Waals surface area contributed by atoms with Crippen molar-refractivity contribution in [1.29, 1.82) is 0 Å². The maximum Gasteiger partial charge on any atom is 0.573 e. The van der Waals surface area contributed by atoms with Gasteiger partial charge in [0, 0.05) is 29.2 Å². The van der Waals surface area contributed by atoms with Gasteiger partial charge in [-0.2, -0.15) is 4.98 Å². The van der Waals surface area contributed by atoms with Gasteiger partial charge >= 0.3 is 6.36 Å². The van der Waals surface area contributed by atoms with E-state index in [0.29, 0.717) is 17.2 Å². The highest BCUT2D eigenvalue weighted by atomic mass is 19.4. The van der Waals surface area contributed by atoms with Crippen molar-refractivity contribution in [3.05, 3.63) is 53.6 Å². The van der Waals surface area contributed by atoms with Gasteiger partial charge in [-0.1, -0.05) is 6.07 Å². The van der Waals surface area contributed by atoms with Crippen LogP contribution >= 0.6 is 0 Å². The molecule has 4 rings (SSSR count). The molecule has 0 unspecified atom stereocenters. The molecule has 1 fully saturated rings. The molecule has 0 spiro atoms. The van der Waals surface area contributed by atoms with Crippen LogP contribution in [0.5, 0.6) is 5.75 Å². The Morgan fingerprint density at radius 1 is 1.16 bits per heavy atom. The molecule has 168 valence electrons. The summed E-state index contributed by atoms with van der Waals surface area (Å²) in [6.45, 7) is 3.69. The van der Waals surface area contributed by atoms with Gasteiger partial charge in [0.2, 0.25) is 11.9 Å². The van der Waals surface area contributed by atoms with Crippen molar-refractivity contribution in [2.24, 2.45) is 0 Å². The van der Waals surface area contributed by atoms with Crippen LogP contribution in [0, 0.1) is 13.8 Å². The molecule has 0 aliphatic heterocycles. The number of pyridine rings is 1. The number of halogens is 3. The lowest BCUT2D eigenvalue weighted by atomic mass is 10.2. The van der Waals surface area contributed by atoms with Crippen LogP contribution in [0.2, 0.25) is 0 Å². The molecule has 1 aliphatic rings. The zero-order chi connectivity index (χ0) is 22.9. The monoisotopic (exact) mass is 446 g/mol. The number of carbonyl (C=O) groups excluding carboxylic acids is 1. The van der Waals surface area contributed by atoms with Gasteiger partial charge in [-0.15, -0.1) is 18.3 Å². The molecule has 0 bridgehead atoms. The molecule has 1 aliphatic carbocycles. The van der Waals surface area contributed by atoms with Crippen molar-refractivity contribution in [3.63, 3.8) is 0 Å². The van der Waals surface area contributed by atoms with E-state index in [1.807, 2.05) is 26.0 Å². The number of nitrogens with zero attached hydrogens (tertiary/aromatic N) is 4. The maximum atomic E-state index is 12.5. The van der Waals surface area contributed by atoms with E-state index in [0.717, 1.165) is 24.2 Å². The van der Waals surface area contributed by atoms with Crippen LogP contribution in [0.3, 0.4) is 0 Å². The third-order valence-corrected chi connectivity index (χ3v) is 4.57. The zero-order valence-corrected chi connectivity index (χ0v) is 17.4. The van der Waals surface area contributed by atoms with Gasteiger partial charge < -0.3 is 15.4 Å². The van der Waals surface area contributed by atoms with Crippen LogP contribution in [-0.4, -0.2) is 38.1 Å². The first-order chi connectivity index (χ1) is 15.1. The van der Waals surface area contributed by atoms with Gasteiger partial charge in [0.25, 0.3) is 0 Å². The minimum Gasteiger partial charge on any atom is -0.406 e. The first kappa shape index (κ1) is 21.6. The number of amides is 1. The van der Waals surface area contributed by atoms with Gasteiger partial charge in [0.15, 0.2) is 0 Å². The van der Waals surface area contributed by atoms with Crippen LogP contribution in [-0.2, 0) is 11.2 Å². The van der Waals surface area contributed by atoms with E-state index in [-0.39, 0.29) is 30.1 Å². The summed E-state index contributed by atoms with van der Waals surface area (Å²) in [7, 11) is 0. The van der Waals surface area contributed by atoms with Crippen molar-refractivity contribution in [3.8, 4) is 11.4 Å². The van der Waals surface area contributed by atoms with E-state index in [2.05, 4.69) is 30.4 Å². The van der Waals surface area contributed by atoms with Gasteiger partial charge in [-0.3, -0.25) is 9.78 Å². The Kier molecular flexibility index (Phi) is 5.72. The molecule has 2 aromatic heterocycles. The highest BCUT2D eigenvalue weighted by Crippen LogP contribution is 2.26. The Morgan fingerprint density at radius 3 is 2.53 bits per heavy atom. The summed E-state index contributed by atoms with van der Waals surface area (Å²) in [5.41, 5.74) is 2.53. The molecule has 8 nitrogen and oxygen atoms in total. The Bertz CT molecular complexity index is 1120. The summed E-state index contributed by atoms with van der Waals surface area (Å²) in [4.78, 5) is 21.1. The minimum atomic E-state index is -4.79.